The molecule has 0 aliphatic rings. The van der Waals surface area contributed by atoms with Crippen LogP contribution in [0.4, 0.5) is 0 Å². The van der Waals surface area contributed by atoms with Crippen LogP contribution in [0.25, 0.3) is 10.4 Å². The third-order valence-electron chi connectivity index (χ3n) is 2.89. The first-order chi connectivity index (χ1) is 9.90. The fourth-order valence-corrected chi connectivity index (χ4v) is 3.66. The molecular weight excluding hydrogens is 286 g/mol. The van der Waals surface area contributed by atoms with Gasteiger partial charge in [0, 0.05) is 35.2 Å². The second-order valence-electron chi connectivity index (χ2n) is 4.50. The highest BCUT2D eigenvalue weighted by Gasteiger charge is 2.01. The Kier molecular flexibility index (Phi) is 7.15. The first kappa shape index (κ1) is 15.6. The fraction of sp³-hybridized carbons (Fsp3) is 0.375. The van der Waals surface area contributed by atoms with Gasteiger partial charge < -0.3 is 10.4 Å². The number of nitrogens with one attached hydrogen (secondary N) is 1. The Morgan fingerprint density at radius 3 is 2.70 bits per heavy atom. The smallest absolute Gasteiger partial charge is 0.0438 e. The molecular formula is C16H21NOS2. The maximum atomic E-state index is 8.69. The summed E-state index contributed by atoms with van der Waals surface area (Å²) in [6.07, 6.45) is 0.899. The Labute approximate surface area is 129 Å². The molecule has 2 nitrogen and oxygen atoms in total. The minimum atomic E-state index is 0.303. The third kappa shape index (κ3) is 5.29. The van der Waals surface area contributed by atoms with Crippen molar-refractivity contribution in [3.63, 3.8) is 0 Å². The van der Waals surface area contributed by atoms with Crippen LogP contribution in [0, 0.1) is 0 Å². The highest BCUT2D eigenvalue weighted by atomic mass is 32.2. The van der Waals surface area contributed by atoms with Crippen molar-refractivity contribution >= 4 is 23.1 Å². The topological polar surface area (TPSA) is 32.3 Å². The highest BCUT2D eigenvalue weighted by Crippen LogP contribution is 2.27. The second-order valence-corrected chi connectivity index (χ2v) is 6.89. The molecule has 0 aliphatic carbocycles. The standard InChI is InChI=1S/C16H21NOS2/c18-10-4-11-19-12-9-17-13-15-7-8-16(20-15)14-5-2-1-3-6-14/h1-3,5-8,17-18H,4,9-13H2. The first-order valence-corrected chi connectivity index (χ1v) is 8.91. The Morgan fingerprint density at radius 1 is 1.05 bits per heavy atom. The van der Waals surface area contributed by atoms with E-state index < -0.39 is 0 Å². The molecule has 108 valence electrons. The minimum Gasteiger partial charge on any atom is -0.396 e. The highest BCUT2D eigenvalue weighted by molar-refractivity contribution is 7.99. The molecule has 2 aromatic rings. The van der Waals surface area contributed by atoms with Crippen LogP contribution in [0.2, 0.25) is 0 Å². The van der Waals surface area contributed by atoms with E-state index in [9.17, 15) is 0 Å². The van der Waals surface area contributed by atoms with E-state index in [1.807, 2.05) is 29.2 Å². The maximum Gasteiger partial charge on any atom is 0.0438 e. The lowest BCUT2D eigenvalue weighted by atomic mass is 10.2. The van der Waals surface area contributed by atoms with Gasteiger partial charge in [0.15, 0.2) is 0 Å². The zero-order valence-electron chi connectivity index (χ0n) is 11.5. The summed E-state index contributed by atoms with van der Waals surface area (Å²) in [5, 5.41) is 12.2. The molecule has 4 heteroatoms. The van der Waals surface area contributed by atoms with Gasteiger partial charge in [-0.3, -0.25) is 0 Å². The van der Waals surface area contributed by atoms with Crippen molar-refractivity contribution in [1.29, 1.82) is 0 Å². The molecule has 0 aliphatic heterocycles. The van der Waals surface area contributed by atoms with Crippen molar-refractivity contribution < 1.29 is 5.11 Å². The Balaban J connectivity index is 1.69. The van der Waals surface area contributed by atoms with Crippen molar-refractivity contribution in [3.8, 4) is 10.4 Å². The molecule has 1 heterocycles. The predicted octanol–water partition coefficient (Wildman–Crippen LogP) is 3.62. The van der Waals surface area contributed by atoms with Gasteiger partial charge in [-0.1, -0.05) is 30.3 Å². The van der Waals surface area contributed by atoms with Gasteiger partial charge in [0.25, 0.3) is 0 Å². The summed E-state index contributed by atoms with van der Waals surface area (Å²) in [4.78, 5) is 2.71. The van der Waals surface area contributed by atoms with Crippen LogP contribution in [0.3, 0.4) is 0 Å². The molecule has 0 spiro atoms. The van der Waals surface area contributed by atoms with Crippen molar-refractivity contribution in [3.05, 3.63) is 47.3 Å². The first-order valence-electron chi connectivity index (χ1n) is 6.93. The van der Waals surface area contributed by atoms with Crippen molar-refractivity contribution in [2.75, 3.05) is 24.7 Å². The number of hydrogen-bond donors (Lipinski definition) is 2. The van der Waals surface area contributed by atoms with Crippen molar-refractivity contribution in [1.82, 2.24) is 5.32 Å². The molecule has 1 aromatic heterocycles. The number of thioether (sulfide) groups is 1. The van der Waals surface area contributed by atoms with Gasteiger partial charge in [-0.15, -0.1) is 11.3 Å². The van der Waals surface area contributed by atoms with E-state index in [0.29, 0.717) is 6.61 Å². The molecule has 0 fully saturated rings. The summed E-state index contributed by atoms with van der Waals surface area (Å²) in [5.41, 5.74) is 1.29. The Morgan fingerprint density at radius 2 is 1.90 bits per heavy atom. The molecule has 0 saturated heterocycles. The van der Waals surface area contributed by atoms with Gasteiger partial charge >= 0.3 is 0 Å². The van der Waals surface area contributed by atoms with Crippen molar-refractivity contribution in [2.45, 2.75) is 13.0 Å². The van der Waals surface area contributed by atoms with Crippen LogP contribution in [0.5, 0.6) is 0 Å². The van der Waals surface area contributed by atoms with E-state index >= 15 is 0 Å². The largest absolute Gasteiger partial charge is 0.396 e. The average molecular weight is 307 g/mol. The van der Waals surface area contributed by atoms with Gasteiger partial charge in [-0.05, 0) is 29.9 Å². The lowest BCUT2D eigenvalue weighted by Gasteiger charge is -2.02. The molecule has 0 amide bonds. The number of hydrogen-bond acceptors (Lipinski definition) is 4. The molecule has 2 N–H and O–H groups in total. The van der Waals surface area contributed by atoms with Crippen LogP contribution in [0.15, 0.2) is 42.5 Å². The summed E-state index contributed by atoms with van der Waals surface area (Å²) in [6, 6.07) is 14.9. The quantitative estimate of drug-likeness (QED) is 0.694. The van der Waals surface area contributed by atoms with E-state index in [4.69, 9.17) is 5.11 Å². The van der Waals surface area contributed by atoms with E-state index in [1.165, 1.54) is 15.3 Å². The molecule has 20 heavy (non-hydrogen) atoms. The number of thiophene rings is 1. The number of benzene rings is 1. The van der Waals surface area contributed by atoms with Crippen LogP contribution in [-0.4, -0.2) is 29.8 Å². The lowest BCUT2D eigenvalue weighted by molar-refractivity contribution is 0.296. The van der Waals surface area contributed by atoms with Crippen LogP contribution in [0.1, 0.15) is 11.3 Å². The third-order valence-corrected chi connectivity index (χ3v) is 5.09. The normalized spacial score (nSPS) is 10.8. The van der Waals surface area contributed by atoms with Gasteiger partial charge in [0.2, 0.25) is 0 Å². The van der Waals surface area contributed by atoms with Crippen LogP contribution >= 0.6 is 23.1 Å². The zero-order chi connectivity index (χ0) is 14.0. The molecule has 0 radical (unpaired) electrons. The monoisotopic (exact) mass is 307 g/mol. The minimum absolute atomic E-state index is 0.303. The number of aliphatic hydroxyl groups excluding tert-OH is 1. The summed E-state index contributed by atoms with van der Waals surface area (Å²) in [7, 11) is 0. The molecule has 0 saturated carbocycles. The van der Waals surface area contributed by atoms with Gasteiger partial charge in [-0.2, -0.15) is 11.8 Å². The van der Waals surface area contributed by atoms with Crippen molar-refractivity contribution in [2.24, 2.45) is 0 Å². The predicted molar refractivity (Wildman–Crippen MR) is 90.5 cm³/mol. The van der Waals surface area contributed by atoms with Crippen LogP contribution < -0.4 is 5.32 Å². The fourth-order valence-electron chi connectivity index (χ4n) is 1.86. The maximum absolute atomic E-state index is 8.69. The lowest BCUT2D eigenvalue weighted by Crippen LogP contribution is -2.15. The summed E-state index contributed by atoms with van der Waals surface area (Å²) >= 11 is 3.75. The zero-order valence-corrected chi connectivity index (χ0v) is 13.2. The Bertz CT molecular complexity index is 484. The van der Waals surface area contributed by atoms with Gasteiger partial charge in [0.05, 0.1) is 0 Å². The van der Waals surface area contributed by atoms with E-state index in [-0.39, 0.29) is 0 Å². The molecule has 2 rings (SSSR count). The average Bonchev–Trinajstić information content (AvgIpc) is 2.96. The summed E-state index contributed by atoms with van der Waals surface area (Å²) in [6.45, 7) is 2.27. The summed E-state index contributed by atoms with van der Waals surface area (Å²) < 4.78 is 0. The summed E-state index contributed by atoms with van der Waals surface area (Å²) in [5.74, 6) is 2.16. The van der Waals surface area contributed by atoms with Gasteiger partial charge in [-0.25, -0.2) is 0 Å². The van der Waals surface area contributed by atoms with E-state index in [1.54, 1.807) is 0 Å². The second kappa shape index (κ2) is 9.19. The molecule has 0 bridgehead atoms. The van der Waals surface area contributed by atoms with E-state index in [2.05, 4.69) is 41.7 Å². The number of aliphatic hydroxyl groups is 1. The number of rotatable bonds is 9. The van der Waals surface area contributed by atoms with Gasteiger partial charge in [0.1, 0.15) is 0 Å². The molecule has 1 aromatic carbocycles. The SMILES string of the molecule is OCCCSCCNCc1ccc(-c2ccccc2)s1. The van der Waals surface area contributed by atoms with Crippen LogP contribution in [-0.2, 0) is 6.54 Å². The molecule has 0 atom stereocenters. The Hall–Kier alpha value is -0.810. The van der Waals surface area contributed by atoms with E-state index in [0.717, 1.165) is 31.0 Å². The molecule has 0 unspecified atom stereocenters.